The fourth-order valence-corrected chi connectivity index (χ4v) is 6.55. The maximum absolute atomic E-state index is 12.7. The van der Waals surface area contributed by atoms with E-state index < -0.39 is 6.04 Å². The number of ether oxygens (including phenoxy) is 2. The molecule has 256 valence electrons. The normalized spacial score (nSPS) is 16.8. The Bertz CT molecular complexity index is 1790. The third kappa shape index (κ3) is 7.26. The predicted molar refractivity (Wildman–Crippen MR) is 176 cm³/mol. The quantitative estimate of drug-likeness (QED) is 0.224. The lowest BCUT2D eigenvalue weighted by molar-refractivity contribution is -0.151. The lowest BCUT2D eigenvalue weighted by Gasteiger charge is -2.39. The standard InChI is InChI=1S/C34H42N6O8/c1-37-19-25(24-18-36-38(2)33(24)34(37)46)21-15-28(47-3)23(29(16-21)48-4)7-5-8-30(43)35-12-6-9-31(44)39-13-14-40(32(45)20-39)26-11-10-22(41)17-27(26)42/h15-16,18-19,26H,5-14,17,20H2,1-4H3,(H,35,43). The number of hydrogen-bond acceptors (Lipinski definition) is 9. The number of pyridine rings is 1. The Balaban J connectivity index is 1.09. The maximum Gasteiger partial charge on any atom is 0.276 e. The molecule has 0 radical (unpaired) electrons. The summed E-state index contributed by atoms with van der Waals surface area (Å²) in [5.41, 5.74) is 2.79. The zero-order chi connectivity index (χ0) is 34.5. The van der Waals surface area contributed by atoms with Gasteiger partial charge in [-0.1, -0.05) is 0 Å². The molecule has 3 heterocycles. The van der Waals surface area contributed by atoms with Gasteiger partial charge in [-0.15, -0.1) is 0 Å². The van der Waals surface area contributed by atoms with Crippen molar-refractivity contribution in [3.8, 4) is 22.6 Å². The van der Waals surface area contributed by atoms with Crippen molar-refractivity contribution >= 4 is 40.2 Å². The van der Waals surface area contributed by atoms with E-state index in [1.165, 1.54) is 14.4 Å². The minimum absolute atomic E-state index is 0.0877. The Kier molecular flexibility index (Phi) is 10.6. The number of nitrogens with one attached hydrogen (secondary N) is 1. The highest BCUT2D eigenvalue weighted by Gasteiger charge is 2.37. The van der Waals surface area contributed by atoms with Crippen LogP contribution in [0.2, 0.25) is 0 Å². The second-order valence-electron chi connectivity index (χ2n) is 12.3. The van der Waals surface area contributed by atoms with Crippen molar-refractivity contribution < 1.29 is 33.4 Å². The highest BCUT2D eigenvalue weighted by atomic mass is 16.5. The van der Waals surface area contributed by atoms with Crippen LogP contribution in [0, 0.1) is 0 Å². The molecule has 2 fully saturated rings. The lowest BCUT2D eigenvalue weighted by Crippen LogP contribution is -2.58. The number of aryl methyl sites for hydroxylation is 2. The first kappa shape index (κ1) is 34.3. The highest BCUT2D eigenvalue weighted by Crippen LogP contribution is 2.38. The number of carbonyl (C=O) groups excluding carboxylic acids is 5. The van der Waals surface area contributed by atoms with E-state index in [4.69, 9.17) is 9.47 Å². The van der Waals surface area contributed by atoms with Gasteiger partial charge in [-0.3, -0.25) is 33.4 Å². The van der Waals surface area contributed by atoms with Gasteiger partial charge in [0.1, 0.15) is 22.8 Å². The zero-order valence-corrected chi connectivity index (χ0v) is 27.9. The van der Waals surface area contributed by atoms with Crippen LogP contribution in [0.3, 0.4) is 0 Å². The number of amides is 3. The summed E-state index contributed by atoms with van der Waals surface area (Å²) in [6.07, 6.45) is 5.89. The average molecular weight is 663 g/mol. The molecular weight excluding hydrogens is 620 g/mol. The summed E-state index contributed by atoms with van der Waals surface area (Å²) >= 11 is 0. The molecule has 5 rings (SSSR count). The van der Waals surface area contributed by atoms with Gasteiger partial charge in [0.15, 0.2) is 5.78 Å². The van der Waals surface area contributed by atoms with Crippen molar-refractivity contribution in [3.05, 3.63) is 40.4 Å². The number of hydrogen-bond donors (Lipinski definition) is 1. The first-order chi connectivity index (χ1) is 23.0. The molecule has 1 aromatic carbocycles. The number of fused-ring (bicyclic) bond motifs is 1. The molecule has 1 atom stereocenters. The van der Waals surface area contributed by atoms with Gasteiger partial charge in [0.25, 0.3) is 5.56 Å². The minimum Gasteiger partial charge on any atom is -0.496 e. The monoisotopic (exact) mass is 662 g/mol. The number of methoxy groups -OCH3 is 2. The van der Waals surface area contributed by atoms with Crippen molar-refractivity contribution in [2.24, 2.45) is 14.1 Å². The number of benzene rings is 1. The molecule has 1 aliphatic carbocycles. The Morgan fingerprint density at radius 2 is 1.73 bits per heavy atom. The Labute approximate surface area is 277 Å². The van der Waals surface area contributed by atoms with E-state index in [9.17, 15) is 28.8 Å². The SMILES string of the molecule is COc1cc(-c2cn(C)c(=O)c3c2cnn3C)cc(OC)c1CCCC(=O)NCCCC(=O)N1CCN(C2CCC(=O)CC2=O)C(=O)C1. The molecule has 0 spiro atoms. The van der Waals surface area contributed by atoms with Crippen LogP contribution in [-0.2, 0) is 44.5 Å². The zero-order valence-electron chi connectivity index (χ0n) is 27.9. The van der Waals surface area contributed by atoms with Gasteiger partial charge >= 0.3 is 0 Å². The number of ketones is 2. The summed E-state index contributed by atoms with van der Waals surface area (Å²) in [5, 5.41) is 7.86. The molecular formula is C34H42N6O8. The second-order valence-corrected chi connectivity index (χ2v) is 12.3. The van der Waals surface area contributed by atoms with Gasteiger partial charge in [0.05, 0.1) is 39.4 Å². The molecule has 48 heavy (non-hydrogen) atoms. The second kappa shape index (κ2) is 14.8. The van der Waals surface area contributed by atoms with E-state index in [2.05, 4.69) is 10.4 Å². The van der Waals surface area contributed by atoms with Crippen molar-refractivity contribution in [3.63, 3.8) is 0 Å². The Morgan fingerprint density at radius 3 is 2.40 bits per heavy atom. The molecule has 1 unspecified atom stereocenters. The fourth-order valence-electron chi connectivity index (χ4n) is 6.55. The first-order valence-electron chi connectivity index (χ1n) is 16.2. The lowest BCUT2D eigenvalue weighted by atomic mass is 9.91. The molecule has 2 aliphatic rings. The number of nitrogens with zero attached hydrogens (tertiary/aromatic N) is 5. The van der Waals surface area contributed by atoms with E-state index in [1.54, 1.807) is 45.4 Å². The fraction of sp³-hybridized carbons (Fsp3) is 0.500. The minimum atomic E-state index is -0.574. The van der Waals surface area contributed by atoms with E-state index in [0.717, 1.165) is 22.1 Å². The Hall–Kier alpha value is -5.01. The van der Waals surface area contributed by atoms with Gasteiger partial charge in [-0.25, -0.2) is 0 Å². The van der Waals surface area contributed by atoms with Crippen molar-refractivity contribution in [2.75, 3.05) is 40.4 Å². The molecule has 14 nitrogen and oxygen atoms in total. The van der Waals surface area contributed by atoms with Gasteiger partial charge in [-0.05, 0) is 43.4 Å². The summed E-state index contributed by atoms with van der Waals surface area (Å²) in [4.78, 5) is 77.5. The van der Waals surface area contributed by atoms with Crippen LogP contribution in [0.15, 0.2) is 29.3 Å². The third-order valence-electron chi connectivity index (χ3n) is 9.14. The van der Waals surface area contributed by atoms with Crippen LogP contribution in [0.25, 0.3) is 22.0 Å². The topological polar surface area (TPSA) is 162 Å². The summed E-state index contributed by atoms with van der Waals surface area (Å²) in [5.74, 6) is 0.297. The van der Waals surface area contributed by atoms with E-state index in [1.807, 2.05) is 12.1 Å². The van der Waals surface area contributed by atoms with Crippen LogP contribution in [0.4, 0.5) is 0 Å². The van der Waals surface area contributed by atoms with Crippen LogP contribution in [-0.4, -0.2) is 99.9 Å². The van der Waals surface area contributed by atoms with Gasteiger partial charge < -0.3 is 29.2 Å². The smallest absolute Gasteiger partial charge is 0.276 e. The number of carbonyl (C=O) groups is 5. The molecule has 0 bridgehead atoms. The third-order valence-corrected chi connectivity index (χ3v) is 9.14. The first-order valence-corrected chi connectivity index (χ1v) is 16.2. The van der Waals surface area contributed by atoms with E-state index in [0.29, 0.717) is 62.2 Å². The summed E-state index contributed by atoms with van der Waals surface area (Å²) in [6, 6.07) is 3.22. The molecule has 1 N–H and O–H groups in total. The van der Waals surface area contributed by atoms with Crippen LogP contribution in [0.5, 0.6) is 11.5 Å². The predicted octanol–water partition coefficient (Wildman–Crippen LogP) is 1.54. The molecule has 1 saturated carbocycles. The summed E-state index contributed by atoms with van der Waals surface area (Å²) < 4.78 is 14.5. The maximum atomic E-state index is 12.7. The Morgan fingerprint density at radius 1 is 1.00 bits per heavy atom. The van der Waals surface area contributed by atoms with Gasteiger partial charge in [0.2, 0.25) is 17.7 Å². The molecule has 1 aliphatic heterocycles. The molecule has 3 amide bonds. The van der Waals surface area contributed by atoms with Crippen molar-refractivity contribution in [1.29, 1.82) is 0 Å². The van der Waals surface area contributed by atoms with E-state index >= 15 is 0 Å². The number of aromatic nitrogens is 3. The van der Waals surface area contributed by atoms with Gasteiger partial charge in [0, 0.05) is 75.7 Å². The summed E-state index contributed by atoms with van der Waals surface area (Å²) in [6.45, 7) is 0.843. The number of rotatable bonds is 12. The van der Waals surface area contributed by atoms with Crippen molar-refractivity contribution in [2.45, 2.75) is 57.4 Å². The number of Topliss-reactive ketones (excluding diaryl/α,β-unsaturated/α-hetero) is 2. The number of piperazine rings is 1. The van der Waals surface area contributed by atoms with Crippen LogP contribution >= 0.6 is 0 Å². The van der Waals surface area contributed by atoms with Crippen LogP contribution in [0.1, 0.15) is 50.5 Å². The van der Waals surface area contributed by atoms with E-state index in [-0.39, 0.29) is 67.2 Å². The molecule has 2 aromatic heterocycles. The summed E-state index contributed by atoms with van der Waals surface area (Å²) in [7, 11) is 6.58. The highest BCUT2D eigenvalue weighted by molar-refractivity contribution is 6.05. The molecule has 3 aromatic rings. The van der Waals surface area contributed by atoms with Crippen LogP contribution < -0.4 is 20.3 Å². The molecule has 1 saturated heterocycles. The van der Waals surface area contributed by atoms with Crippen molar-refractivity contribution in [1.82, 2.24) is 29.5 Å². The molecule has 14 heteroatoms. The average Bonchev–Trinajstić information content (AvgIpc) is 3.46. The van der Waals surface area contributed by atoms with Gasteiger partial charge in [-0.2, -0.15) is 5.10 Å². The largest absolute Gasteiger partial charge is 0.496 e.